The number of hydrogen-bond donors (Lipinski definition) is 1. The summed E-state index contributed by atoms with van der Waals surface area (Å²) in [6.45, 7) is 0.507. The lowest BCUT2D eigenvalue weighted by molar-refractivity contribution is 0.0898. The minimum atomic E-state index is -0.456. The van der Waals surface area contributed by atoms with E-state index in [0.29, 0.717) is 17.0 Å². The SMILES string of the molecule is COc1cccc2cc(C(=O)NC3COCC3n3nc(-c4cccnc4)ccc3=O)oc12. The molecule has 2 atom stereocenters. The average molecular weight is 432 g/mol. The van der Waals surface area contributed by atoms with E-state index < -0.39 is 18.0 Å². The molecule has 1 aliphatic rings. The first-order chi connectivity index (χ1) is 15.6. The molecule has 1 saturated heterocycles. The minimum absolute atomic E-state index is 0.152. The van der Waals surface area contributed by atoms with Crippen LogP contribution in [0.4, 0.5) is 0 Å². The molecule has 32 heavy (non-hydrogen) atoms. The number of fused-ring (bicyclic) bond motifs is 1. The van der Waals surface area contributed by atoms with Gasteiger partial charge in [-0.2, -0.15) is 5.10 Å². The van der Waals surface area contributed by atoms with Gasteiger partial charge in [0.2, 0.25) is 0 Å². The number of pyridine rings is 1. The Bertz CT molecular complexity index is 1330. The van der Waals surface area contributed by atoms with Gasteiger partial charge in [0, 0.05) is 29.4 Å². The topological polar surface area (TPSA) is 108 Å². The van der Waals surface area contributed by atoms with E-state index in [1.807, 2.05) is 18.2 Å². The van der Waals surface area contributed by atoms with Crippen molar-refractivity contribution in [2.24, 2.45) is 0 Å². The Morgan fingerprint density at radius 1 is 1.19 bits per heavy atom. The van der Waals surface area contributed by atoms with Crippen LogP contribution in [0.2, 0.25) is 0 Å². The Morgan fingerprint density at radius 2 is 2.09 bits per heavy atom. The number of benzene rings is 1. The Hall–Kier alpha value is -3.98. The third-order valence-corrected chi connectivity index (χ3v) is 5.42. The number of amides is 1. The van der Waals surface area contributed by atoms with Crippen molar-refractivity contribution in [3.8, 4) is 17.0 Å². The van der Waals surface area contributed by atoms with E-state index in [9.17, 15) is 9.59 Å². The third kappa shape index (κ3) is 3.63. The summed E-state index contributed by atoms with van der Waals surface area (Å²) in [7, 11) is 1.54. The van der Waals surface area contributed by atoms with E-state index >= 15 is 0 Å². The van der Waals surface area contributed by atoms with E-state index in [1.54, 1.807) is 43.8 Å². The van der Waals surface area contributed by atoms with Crippen LogP contribution in [0.1, 0.15) is 16.6 Å². The van der Waals surface area contributed by atoms with Crippen molar-refractivity contribution in [3.05, 3.63) is 77.0 Å². The van der Waals surface area contributed by atoms with Crippen LogP contribution in [0.15, 0.2) is 70.1 Å². The van der Waals surface area contributed by atoms with E-state index in [2.05, 4.69) is 15.4 Å². The standard InChI is InChI=1S/C23H20N4O5/c1-30-19-6-2-4-14-10-20(32-22(14)19)23(29)25-17-12-31-13-18(17)27-21(28)8-7-16(26-27)15-5-3-9-24-11-15/h2-11,17-18H,12-13H2,1H3,(H,25,29). The molecule has 1 aromatic carbocycles. The summed E-state index contributed by atoms with van der Waals surface area (Å²) >= 11 is 0. The van der Waals surface area contributed by atoms with Crippen LogP contribution in [0.3, 0.4) is 0 Å². The second-order valence-corrected chi connectivity index (χ2v) is 7.42. The molecule has 5 rings (SSSR count). The Morgan fingerprint density at radius 3 is 2.91 bits per heavy atom. The second-order valence-electron chi connectivity index (χ2n) is 7.42. The monoisotopic (exact) mass is 432 g/mol. The quantitative estimate of drug-likeness (QED) is 0.516. The van der Waals surface area contributed by atoms with Gasteiger partial charge >= 0.3 is 0 Å². The lowest BCUT2D eigenvalue weighted by Gasteiger charge is -2.20. The summed E-state index contributed by atoms with van der Waals surface area (Å²) in [5.74, 6) is 0.298. The maximum absolute atomic E-state index is 12.9. The van der Waals surface area contributed by atoms with Gasteiger partial charge in [0.05, 0.1) is 32.1 Å². The molecule has 9 heteroatoms. The fraction of sp³-hybridized carbons (Fsp3) is 0.217. The van der Waals surface area contributed by atoms with Crippen LogP contribution in [0, 0.1) is 0 Å². The zero-order valence-corrected chi connectivity index (χ0v) is 17.2. The van der Waals surface area contributed by atoms with Gasteiger partial charge in [-0.1, -0.05) is 12.1 Å². The highest BCUT2D eigenvalue weighted by Crippen LogP contribution is 2.29. The van der Waals surface area contributed by atoms with E-state index in [-0.39, 0.29) is 24.5 Å². The summed E-state index contributed by atoms with van der Waals surface area (Å²) < 4.78 is 18.0. The van der Waals surface area contributed by atoms with Crippen LogP contribution in [-0.4, -0.2) is 47.0 Å². The number of carbonyl (C=O) groups excluding carboxylic acids is 1. The Labute approximate surface area is 182 Å². The first kappa shape index (κ1) is 20.0. The molecule has 2 unspecified atom stereocenters. The molecule has 0 aliphatic carbocycles. The zero-order valence-electron chi connectivity index (χ0n) is 17.2. The number of nitrogens with one attached hydrogen (secondary N) is 1. The number of carbonyl (C=O) groups is 1. The smallest absolute Gasteiger partial charge is 0.287 e. The molecule has 4 heterocycles. The summed E-state index contributed by atoms with van der Waals surface area (Å²) in [5, 5.41) is 8.18. The van der Waals surface area contributed by atoms with Crippen molar-refractivity contribution in [1.82, 2.24) is 20.1 Å². The minimum Gasteiger partial charge on any atom is -0.493 e. The predicted octanol–water partition coefficient (Wildman–Crippen LogP) is 2.43. The molecule has 1 aliphatic heterocycles. The molecule has 0 bridgehead atoms. The molecular weight excluding hydrogens is 412 g/mol. The van der Waals surface area contributed by atoms with Gasteiger partial charge in [-0.25, -0.2) is 4.68 Å². The van der Waals surface area contributed by atoms with Crippen molar-refractivity contribution < 1.29 is 18.7 Å². The Balaban J connectivity index is 1.41. The summed E-state index contributed by atoms with van der Waals surface area (Å²) in [4.78, 5) is 29.6. The number of ether oxygens (including phenoxy) is 2. The highest BCUT2D eigenvalue weighted by molar-refractivity contribution is 5.97. The van der Waals surface area contributed by atoms with Crippen LogP contribution >= 0.6 is 0 Å². The van der Waals surface area contributed by atoms with Gasteiger partial charge in [0.1, 0.15) is 6.04 Å². The number of rotatable bonds is 5. The van der Waals surface area contributed by atoms with E-state index in [0.717, 1.165) is 10.9 Å². The normalized spacial score (nSPS) is 18.0. The highest BCUT2D eigenvalue weighted by Gasteiger charge is 2.33. The number of para-hydroxylation sites is 1. The van der Waals surface area contributed by atoms with E-state index in [1.165, 1.54) is 10.7 Å². The van der Waals surface area contributed by atoms with Crippen molar-refractivity contribution in [2.75, 3.05) is 20.3 Å². The number of aromatic nitrogens is 3. The first-order valence-corrected chi connectivity index (χ1v) is 10.1. The molecule has 0 saturated carbocycles. The fourth-order valence-corrected chi connectivity index (χ4v) is 3.80. The van der Waals surface area contributed by atoms with Crippen molar-refractivity contribution >= 4 is 16.9 Å². The summed E-state index contributed by atoms with van der Waals surface area (Å²) in [6, 6.07) is 13.0. The molecule has 0 spiro atoms. The average Bonchev–Trinajstić information content (AvgIpc) is 3.47. The van der Waals surface area contributed by atoms with Crippen molar-refractivity contribution in [1.29, 1.82) is 0 Å². The fourth-order valence-electron chi connectivity index (χ4n) is 3.80. The lowest BCUT2D eigenvalue weighted by Crippen LogP contribution is -2.44. The summed E-state index contributed by atoms with van der Waals surface area (Å²) in [5.41, 5.74) is 1.62. The molecule has 1 fully saturated rings. The van der Waals surface area contributed by atoms with Crippen LogP contribution in [0.5, 0.6) is 5.75 Å². The van der Waals surface area contributed by atoms with Crippen LogP contribution in [-0.2, 0) is 4.74 Å². The number of methoxy groups -OCH3 is 1. The van der Waals surface area contributed by atoms with Gasteiger partial charge in [0.25, 0.3) is 11.5 Å². The number of furan rings is 1. The lowest BCUT2D eigenvalue weighted by atomic mass is 10.1. The zero-order chi connectivity index (χ0) is 22.1. The van der Waals surface area contributed by atoms with Gasteiger partial charge in [-0.05, 0) is 30.3 Å². The molecule has 9 nitrogen and oxygen atoms in total. The molecular formula is C23H20N4O5. The van der Waals surface area contributed by atoms with Crippen LogP contribution in [0.25, 0.3) is 22.2 Å². The number of nitrogens with zero attached hydrogens (tertiary/aromatic N) is 3. The van der Waals surface area contributed by atoms with Crippen LogP contribution < -0.4 is 15.6 Å². The van der Waals surface area contributed by atoms with Crippen molar-refractivity contribution in [2.45, 2.75) is 12.1 Å². The molecule has 4 aromatic rings. The largest absolute Gasteiger partial charge is 0.493 e. The van der Waals surface area contributed by atoms with Crippen molar-refractivity contribution in [3.63, 3.8) is 0 Å². The highest BCUT2D eigenvalue weighted by atomic mass is 16.5. The molecule has 162 valence electrons. The third-order valence-electron chi connectivity index (χ3n) is 5.42. The molecule has 1 N–H and O–H groups in total. The molecule has 1 amide bonds. The number of hydrogen-bond acceptors (Lipinski definition) is 7. The Kier molecular flexibility index (Phi) is 5.16. The molecule has 3 aromatic heterocycles. The molecule has 0 radical (unpaired) electrons. The van der Waals surface area contributed by atoms with E-state index in [4.69, 9.17) is 13.9 Å². The maximum atomic E-state index is 12.9. The van der Waals surface area contributed by atoms with Gasteiger partial charge < -0.3 is 19.2 Å². The summed E-state index contributed by atoms with van der Waals surface area (Å²) in [6.07, 6.45) is 3.35. The van der Waals surface area contributed by atoms with Gasteiger partial charge in [-0.15, -0.1) is 0 Å². The maximum Gasteiger partial charge on any atom is 0.287 e. The second kappa shape index (κ2) is 8.27. The first-order valence-electron chi connectivity index (χ1n) is 10.1. The predicted molar refractivity (Wildman–Crippen MR) is 116 cm³/mol. The van der Waals surface area contributed by atoms with Gasteiger partial charge in [-0.3, -0.25) is 14.6 Å². The van der Waals surface area contributed by atoms with Gasteiger partial charge in [0.15, 0.2) is 17.1 Å².